The van der Waals surface area contributed by atoms with Crippen LogP contribution in [0.25, 0.3) is 0 Å². The maximum Gasteiger partial charge on any atom is 0.305 e. The van der Waals surface area contributed by atoms with E-state index in [0.717, 1.165) is 38.5 Å². The summed E-state index contributed by atoms with van der Waals surface area (Å²) in [5.41, 5.74) is 5.06. The van der Waals surface area contributed by atoms with Gasteiger partial charge in [0.05, 0.1) is 12.0 Å². The van der Waals surface area contributed by atoms with Crippen LogP contribution in [0.3, 0.4) is 0 Å². The molecule has 0 aliphatic heterocycles. The first-order valence-corrected chi connectivity index (χ1v) is 7.24. The number of carboxylic acids is 1. The third-order valence-corrected chi connectivity index (χ3v) is 4.14. The van der Waals surface area contributed by atoms with E-state index in [1.807, 2.05) is 0 Å². The molecule has 1 fully saturated rings. The summed E-state index contributed by atoms with van der Waals surface area (Å²) in [4.78, 5) is 22.7. The maximum atomic E-state index is 11.9. The van der Waals surface area contributed by atoms with Gasteiger partial charge in [0.15, 0.2) is 0 Å². The molecule has 0 spiro atoms. The molecule has 0 aromatic heterocycles. The number of nitrogens with two attached hydrogens (primary N) is 1. The highest BCUT2D eigenvalue weighted by molar-refractivity contribution is 5.78. The highest BCUT2D eigenvalue weighted by Gasteiger charge is 2.40. The molecule has 19 heavy (non-hydrogen) atoms. The molecule has 1 aliphatic carbocycles. The first-order valence-electron chi connectivity index (χ1n) is 7.24. The molecule has 110 valence electrons. The number of hydrogen-bond donors (Lipinski definition) is 3. The first kappa shape index (κ1) is 16.0. The Hall–Kier alpha value is -1.10. The zero-order valence-electron chi connectivity index (χ0n) is 11.8. The summed E-state index contributed by atoms with van der Waals surface area (Å²) in [6.07, 6.45) is 5.89. The van der Waals surface area contributed by atoms with Gasteiger partial charge in [0, 0.05) is 6.42 Å². The molecule has 5 heteroatoms. The molecular formula is C14H26N2O3. The summed E-state index contributed by atoms with van der Waals surface area (Å²) in [6, 6.07) is 0. The van der Waals surface area contributed by atoms with Crippen LogP contribution >= 0.6 is 0 Å². The fourth-order valence-corrected chi connectivity index (χ4v) is 2.72. The topological polar surface area (TPSA) is 92.4 Å². The normalized spacial score (nSPS) is 18.4. The van der Waals surface area contributed by atoms with Gasteiger partial charge in [-0.05, 0) is 44.6 Å². The van der Waals surface area contributed by atoms with Crippen molar-refractivity contribution in [3.63, 3.8) is 0 Å². The van der Waals surface area contributed by atoms with Gasteiger partial charge in [-0.25, -0.2) is 0 Å². The Bertz CT molecular complexity index is 314. The Balaban J connectivity index is 2.35. The van der Waals surface area contributed by atoms with Gasteiger partial charge in [-0.3, -0.25) is 9.59 Å². The largest absolute Gasteiger partial charge is 0.481 e. The number of aliphatic carboxylic acids is 1. The minimum absolute atomic E-state index is 0.0172. The Morgan fingerprint density at radius 1 is 1.37 bits per heavy atom. The van der Waals surface area contributed by atoms with Crippen LogP contribution in [0, 0.1) is 5.92 Å². The molecule has 0 saturated heterocycles. The first-order chi connectivity index (χ1) is 9.01. The number of hydrogen-bond acceptors (Lipinski definition) is 3. The smallest absolute Gasteiger partial charge is 0.305 e. The predicted octanol–water partition coefficient (Wildman–Crippen LogP) is 1.66. The SMILES string of the molecule is CCC(CCN)CCC(=O)NC1(CC(=O)O)CCC1. The fourth-order valence-electron chi connectivity index (χ4n) is 2.72. The number of rotatable bonds is 9. The van der Waals surface area contributed by atoms with E-state index in [1.165, 1.54) is 0 Å². The number of carbonyl (C=O) groups is 2. The highest BCUT2D eigenvalue weighted by Crippen LogP contribution is 2.35. The predicted molar refractivity (Wildman–Crippen MR) is 73.7 cm³/mol. The number of amides is 1. The lowest BCUT2D eigenvalue weighted by atomic mass is 9.74. The van der Waals surface area contributed by atoms with Crippen LogP contribution in [0.1, 0.15) is 58.3 Å². The van der Waals surface area contributed by atoms with E-state index in [4.69, 9.17) is 10.8 Å². The average molecular weight is 270 g/mol. The summed E-state index contributed by atoms with van der Waals surface area (Å²) in [7, 11) is 0. The molecule has 4 N–H and O–H groups in total. The van der Waals surface area contributed by atoms with Crippen LogP contribution in [0.2, 0.25) is 0 Å². The van der Waals surface area contributed by atoms with Gasteiger partial charge >= 0.3 is 5.97 Å². The van der Waals surface area contributed by atoms with Crippen molar-refractivity contribution in [2.45, 2.75) is 63.8 Å². The van der Waals surface area contributed by atoms with Crippen LogP contribution in [-0.4, -0.2) is 29.1 Å². The minimum Gasteiger partial charge on any atom is -0.481 e. The molecule has 1 unspecified atom stereocenters. The Labute approximate surface area is 114 Å². The van der Waals surface area contributed by atoms with Gasteiger partial charge in [-0.1, -0.05) is 13.3 Å². The van der Waals surface area contributed by atoms with Crippen molar-refractivity contribution in [1.82, 2.24) is 5.32 Å². The quantitative estimate of drug-likeness (QED) is 0.594. The number of carboxylic acid groups (broad SMARTS) is 1. The van der Waals surface area contributed by atoms with E-state index < -0.39 is 11.5 Å². The van der Waals surface area contributed by atoms with Gasteiger partial charge in [-0.2, -0.15) is 0 Å². The molecule has 1 amide bonds. The van der Waals surface area contributed by atoms with E-state index in [-0.39, 0.29) is 12.3 Å². The molecule has 5 nitrogen and oxygen atoms in total. The molecule has 1 aliphatic rings. The molecule has 0 radical (unpaired) electrons. The third kappa shape index (κ3) is 5.19. The highest BCUT2D eigenvalue weighted by atomic mass is 16.4. The molecular weight excluding hydrogens is 244 g/mol. The molecule has 0 heterocycles. The fraction of sp³-hybridized carbons (Fsp3) is 0.857. The molecule has 0 bridgehead atoms. The molecule has 1 atom stereocenters. The van der Waals surface area contributed by atoms with Crippen molar-refractivity contribution < 1.29 is 14.7 Å². The van der Waals surface area contributed by atoms with Gasteiger partial charge in [0.2, 0.25) is 5.91 Å². The molecule has 0 aromatic rings. The van der Waals surface area contributed by atoms with Crippen LogP contribution in [0.15, 0.2) is 0 Å². The van der Waals surface area contributed by atoms with Crippen molar-refractivity contribution >= 4 is 11.9 Å². The summed E-state index contributed by atoms with van der Waals surface area (Å²) < 4.78 is 0. The van der Waals surface area contributed by atoms with E-state index >= 15 is 0 Å². The lowest BCUT2D eigenvalue weighted by molar-refractivity contribution is -0.140. The van der Waals surface area contributed by atoms with Gasteiger partial charge < -0.3 is 16.2 Å². The Morgan fingerprint density at radius 3 is 2.47 bits per heavy atom. The van der Waals surface area contributed by atoms with Crippen molar-refractivity contribution in [1.29, 1.82) is 0 Å². The van der Waals surface area contributed by atoms with E-state index in [0.29, 0.717) is 18.9 Å². The van der Waals surface area contributed by atoms with Gasteiger partial charge in [-0.15, -0.1) is 0 Å². The second-order valence-electron chi connectivity index (χ2n) is 5.64. The van der Waals surface area contributed by atoms with Crippen LogP contribution in [-0.2, 0) is 9.59 Å². The molecule has 1 rings (SSSR count). The van der Waals surface area contributed by atoms with Crippen molar-refractivity contribution in [2.24, 2.45) is 11.7 Å². The lowest BCUT2D eigenvalue weighted by Gasteiger charge is -2.41. The van der Waals surface area contributed by atoms with E-state index in [1.54, 1.807) is 0 Å². The maximum absolute atomic E-state index is 11.9. The van der Waals surface area contributed by atoms with Crippen LogP contribution in [0.5, 0.6) is 0 Å². The zero-order valence-corrected chi connectivity index (χ0v) is 11.8. The summed E-state index contributed by atoms with van der Waals surface area (Å²) in [5.74, 6) is -0.362. The summed E-state index contributed by atoms with van der Waals surface area (Å²) in [6.45, 7) is 2.76. The minimum atomic E-state index is -0.838. The van der Waals surface area contributed by atoms with Gasteiger partial charge in [0.1, 0.15) is 0 Å². The molecule has 0 aromatic carbocycles. The second kappa shape index (κ2) is 7.48. The lowest BCUT2D eigenvalue weighted by Crippen LogP contribution is -2.54. The van der Waals surface area contributed by atoms with Crippen LogP contribution in [0.4, 0.5) is 0 Å². The Kier molecular flexibility index (Phi) is 6.28. The van der Waals surface area contributed by atoms with Crippen molar-refractivity contribution in [3.05, 3.63) is 0 Å². The number of nitrogens with one attached hydrogen (secondary N) is 1. The molecule has 1 saturated carbocycles. The standard InChI is InChI=1S/C14H26N2O3/c1-2-11(6-9-15)4-5-12(17)16-14(7-3-8-14)10-13(18)19/h11H,2-10,15H2,1H3,(H,16,17)(H,18,19). The summed E-state index contributed by atoms with van der Waals surface area (Å²) in [5, 5.41) is 11.8. The van der Waals surface area contributed by atoms with E-state index in [2.05, 4.69) is 12.2 Å². The Morgan fingerprint density at radius 2 is 2.05 bits per heavy atom. The van der Waals surface area contributed by atoms with Crippen molar-refractivity contribution in [3.8, 4) is 0 Å². The second-order valence-corrected chi connectivity index (χ2v) is 5.64. The van der Waals surface area contributed by atoms with Crippen LogP contribution < -0.4 is 11.1 Å². The third-order valence-electron chi connectivity index (χ3n) is 4.14. The summed E-state index contributed by atoms with van der Waals surface area (Å²) >= 11 is 0. The van der Waals surface area contributed by atoms with Crippen molar-refractivity contribution in [2.75, 3.05) is 6.54 Å². The monoisotopic (exact) mass is 270 g/mol. The zero-order chi connectivity index (χ0) is 14.3. The average Bonchev–Trinajstić information content (AvgIpc) is 2.31. The number of carbonyl (C=O) groups excluding carboxylic acids is 1. The van der Waals surface area contributed by atoms with E-state index in [9.17, 15) is 9.59 Å². The van der Waals surface area contributed by atoms with Gasteiger partial charge in [0.25, 0.3) is 0 Å².